The molecular weight excluding hydrogens is 460 g/mol. The minimum atomic E-state index is -4.95. The van der Waals surface area contributed by atoms with Crippen LogP contribution in [0.2, 0.25) is 0 Å². The smallest absolute Gasteiger partial charge is 0.346 e. The Bertz CT molecular complexity index is 1330. The zero-order valence-electron chi connectivity index (χ0n) is 17.2. The maximum atomic E-state index is 13.2. The molecule has 11 heteroatoms. The zero-order valence-corrected chi connectivity index (χ0v) is 17.2. The highest BCUT2D eigenvalue weighted by atomic mass is 19.4. The van der Waals surface area contributed by atoms with Crippen molar-refractivity contribution < 1.29 is 26.3 Å². The average Bonchev–Trinajstić information content (AvgIpc) is 3.22. The molecule has 4 aromatic rings. The van der Waals surface area contributed by atoms with Crippen molar-refractivity contribution in [2.75, 3.05) is 10.2 Å². The summed E-state index contributed by atoms with van der Waals surface area (Å²) in [4.78, 5) is 6.11. The highest BCUT2D eigenvalue weighted by Gasteiger charge is 2.37. The molecule has 34 heavy (non-hydrogen) atoms. The quantitative estimate of drug-likeness (QED) is 0.351. The molecule has 0 bridgehead atoms. The van der Waals surface area contributed by atoms with Crippen molar-refractivity contribution in [3.63, 3.8) is 0 Å². The van der Waals surface area contributed by atoms with Crippen LogP contribution < -0.4 is 10.2 Å². The van der Waals surface area contributed by atoms with Crippen LogP contribution in [0.3, 0.4) is 0 Å². The van der Waals surface area contributed by atoms with Crippen molar-refractivity contribution in [2.45, 2.75) is 25.4 Å². The van der Waals surface area contributed by atoms with E-state index in [9.17, 15) is 26.3 Å². The molecule has 0 aliphatic carbocycles. The summed E-state index contributed by atoms with van der Waals surface area (Å²) in [6.07, 6.45) is -6.43. The van der Waals surface area contributed by atoms with Gasteiger partial charge < -0.3 is 10.2 Å². The van der Waals surface area contributed by atoms with Gasteiger partial charge in [0.15, 0.2) is 11.6 Å². The number of alkyl halides is 6. The van der Waals surface area contributed by atoms with Crippen LogP contribution in [0.25, 0.3) is 10.8 Å². The van der Waals surface area contributed by atoms with Gasteiger partial charge in [-0.3, -0.25) is 4.98 Å². The Morgan fingerprint density at radius 3 is 2.06 bits per heavy atom. The first-order valence-corrected chi connectivity index (χ1v) is 10.1. The number of hydrogen-bond acceptors (Lipinski definition) is 5. The molecule has 0 saturated heterocycles. The van der Waals surface area contributed by atoms with Gasteiger partial charge in [-0.05, 0) is 35.4 Å². The molecule has 0 amide bonds. The Labute approximate surface area is 189 Å². The van der Waals surface area contributed by atoms with Crippen LogP contribution in [0.4, 0.5) is 43.7 Å². The predicted octanol–water partition coefficient (Wildman–Crippen LogP) is 6.33. The minimum Gasteiger partial charge on any atom is -0.346 e. The van der Waals surface area contributed by atoms with Crippen LogP contribution in [-0.2, 0) is 25.4 Å². The molecule has 0 fully saturated rings. The second-order valence-corrected chi connectivity index (χ2v) is 7.84. The molecule has 0 atom stereocenters. The number of anilines is 3. The summed E-state index contributed by atoms with van der Waals surface area (Å²) >= 11 is 0. The van der Waals surface area contributed by atoms with Crippen LogP contribution >= 0.6 is 0 Å². The Morgan fingerprint density at radius 2 is 1.41 bits per heavy atom. The van der Waals surface area contributed by atoms with E-state index >= 15 is 0 Å². The summed E-state index contributed by atoms with van der Waals surface area (Å²) in [7, 11) is 0. The van der Waals surface area contributed by atoms with E-state index < -0.39 is 29.2 Å². The molecule has 2 aromatic carbocycles. The number of aromatic nitrogens is 3. The van der Waals surface area contributed by atoms with E-state index in [0.717, 1.165) is 11.1 Å². The van der Waals surface area contributed by atoms with Gasteiger partial charge in [-0.1, -0.05) is 24.3 Å². The highest BCUT2D eigenvalue weighted by Crippen LogP contribution is 2.39. The fourth-order valence-corrected chi connectivity index (χ4v) is 3.95. The third-order valence-corrected chi connectivity index (χ3v) is 5.54. The topological polar surface area (TPSA) is 53.9 Å². The number of fused-ring (bicyclic) bond motifs is 2. The van der Waals surface area contributed by atoms with Crippen molar-refractivity contribution in [1.29, 1.82) is 0 Å². The van der Waals surface area contributed by atoms with Crippen LogP contribution in [0.15, 0.2) is 60.9 Å². The Balaban J connectivity index is 1.55. The maximum absolute atomic E-state index is 13.2. The Kier molecular flexibility index (Phi) is 5.07. The first-order valence-electron chi connectivity index (χ1n) is 10.1. The second-order valence-electron chi connectivity index (χ2n) is 7.84. The summed E-state index contributed by atoms with van der Waals surface area (Å²) < 4.78 is 79.4. The van der Waals surface area contributed by atoms with Gasteiger partial charge in [0.1, 0.15) is 0 Å². The third kappa shape index (κ3) is 4.09. The van der Waals surface area contributed by atoms with Gasteiger partial charge in [-0.15, -0.1) is 10.2 Å². The number of nitrogens with zero attached hydrogens (tertiary/aromatic N) is 4. The van der Waals surface area contributed by atoms with Crippen LogP contribution in [0.5, 0.6) is 0 Å². The lowest BCUT2D eigenvalue weighted by molar-refractivity contribution is -0.143. The molecular formula is C23H15F6N5. The van der Waals surface area contributed by atoms with E-state index in [2.05, 4.69) is 20.5 Å². The number of hydrogen-bond donors (Lipinski definition) is 1. The average molecular weight is 475 g/mol. The molecule has 174 valence electrons. The van der Waals surface area contributed by atoms with Gasteiger partial charge in [-0.25, -0.2) is 0 Å². The number of nitrogens with one attached hydrogen (secondary N) is 1. The highest BCUT2D eigenvalue weighted by molar-refractivity contribution is 5.99. The first kappa shape index (κ1) is 21.9. The minimum absolute atomic E-state index is 0.0465. The van der Waals surface area contributed by atoms with Crippen molar-refractivity contribution in [2.24, 2.45) is 0 Å². The largest absolute Gasteiger partial charge is 0.416 e. The fourth-order valence-electron chi connectivity index (χ4n) is 3.95. The third-order valence-electron chi connectivity index (χ3n) is 5.54. The molecule has 1 N–H and O–H groups in total. The summed E-state index contributed by atoms with van der Waals surface area (Å²) in [6, 6.07) is 10.2. The maximum Gasteiger partial charge on any atom is 0.416 e. The molecule has 2 aromatic heterocycles. The normalized spacial score (nSPS) is 13.9. The van der Waals surface area contributed by atoms with Crippen LogP contribution in [-0.4, -0.2) is 15.2 Å². The standard InChI is InChI=1S/C23H15F6N5/c24-22(25,26)15-7-16(23(27,28)29)9-17(8-15)31-20-18-3-1-2-4-19(18)21(33-32-20)34-11-13-5-6-30-10-14(13)12-34/h1-10H,11-12H2,(H,31,32). The van der Waals surface area contributed by atoms with E-state index in [1.54, 1.807) is 36.7 Å². The Morgan fingerprint density at radius 1 is 0.765 bits per heavy atom. The van der Waals surface area contributed by atoms with E-state index in [0.29, 0.717) is 41.8 Å². The zero-order chi connectivity index (χ0) is 24.1. The van der Waals surface area contributed by atoms with Gasteiger partial charge in [0.25, 0.3) is 0 Å². The Hall–Kier alpha value is -3.89. The molecule has 5 nitrogen and oxygen atoms in total. The van der Waals surface area contributed by atoms with Gasteiger partial charge in [0.2, 0.25) is 0 Å². The predicted molar refractivity (Wildman–Crippen MR) is 113 cm³/mol. The van der Waals surface area contributed by atoms with Crippen molar-refractivity contribution in [1.82, 2.24) is 15.2 Å². The molecule has 1 aliphatic rings. The molecule has 0 radical (unpaired) electrons. The van der Waals surface area contributed by atoms with Gasteiger partial charge in [-0.2, -0.15) is 26.3 Å². The molecule has 5 rings (SSSR count). The van der Waals surface area contributed by atoms with Crippen LogP contribution in [0, 0.1) is 0 Å². The monoisotopic (exact) mass is 475 g/mol. The summed E-state index contributed by atoms with van der Waals surface area (Å²) in [5, 5.41) is 12.1. The van der Waals surface area contributed by atoms with Crippen molar-refractivity contribution in [3.8, 4) is 0 Å². The van der Waals surface area contributed by atoms with Crippen LogP contribution in [0.1, 0.15) is 22.3 Å². The molecule has 0 unspecified atom stereocenters. The number of pyridine rings is 1. The van der Waals surface area contributed by atoms with Crippen molar-refractivity contribution >= 4 is 28.1 Å². The van der Waals surface area contributed by atoms with E-state index in [1.165, 1.54) is 0 Å². The summed E-state index contributed by atoms with van der Waals surface area (Å²) in [5.41, 5.74) is -1.09. The number of halogens is 6. The lowest BCUT2D eigenvalue weighted by atomic mass is 10.1. The van der Waals surface area contributed by atoms with E-state index in [1.807, 2.05) is 11.0 Å². The summed E-state index contributed by atoms with van der Waals surface area (Å²) in [5.74, 6) is 0.600. The number of benzene rings is 2. The SMILES string of the molecule is FC(F)(F)c1cc(Nc2nnc(N3Cc4ccncc4C3)c3ccccc23)cc(C(F)(F)F)c1. The molecule has 0 saturated carbocycles. The number of rotatable bonds is 3. The second kappa shape index (κ2) is 7.86. The van der Waals surface area contributed by atoms with Gasteiger partial charge in [0, 0.05) is 41.9 Å². The molecule has 3 heterocycles. The van der Waals surface area contributed by atoms with E-state index in [-0.39, 0.29) is 11.9 Å². The summed E-state index contributed by atoms with van der Waals surface area (Å²) in [6.45, 7) is 1.13. The van der Waals surface area contributed by atoms with E-state index in [4.69, 9.17) is 0 Å². The molecule has 1 aliphatic heterocycles. The van der Waals surface area contributed by atoms with Gasteiger partial charge in [0.05, 0.1) is 11.1 Å². The van der Waals surface area contributed by atoms with Crippen molar-refractivity contribution in [3.05, 3.63) is 83.2 Å². The first-order chi connectivity index (χ1) is 16.1. The lowest BCUT2D eigenvalue weighted by Gasteiger charge is -2.20. The lowest BCUT2D eigenvalue weighted by Crippen LogP contribution is -2.17. The van der Waals surface area contributed by atoms with Gasteiger partial charge >= 0.3 is 12.4 Å². The fraction of sp³-hybridized carbons (Fsp3) is 0.174. The molecule has 0 spiro atoms.